The molecule has 0 aromatic heterocycles. The van der Waals surface area contributed by atoms with Crippen LogP contribution in [-0.4, -0.2) is 43.1 Å². The molecule has 8 nitrogen and oxygen atoms in total. The predicted octanol–water partition coefficient (Wildman–Crippen LogP) is 2.50. The summed E-state index contributed by atoms with van der Waals surface area (Å²) in [6.07, 6.45) is 0.515. The van der Waals surface area contributed by atoms with Gasteiger partial charge < -0.3 is 19.5 Å². The highest BCUT2D eigenvalue weighted by Gasteiger charge is 2.71. The molecular formula is C24H20N2O6. The van der Waals surface area contributed by atoms with Gasteiger partial charge in [0.05, 0.1) is 36.6 Å². The number of methoxy groups -OCH3 is 1. The van der Waals surface area contributed by atoms with E-state index in [0.29, 0.717) is 42.1 Å². The van der Waals surface area contributed by atoms with Crippen molar-refractivity contribution in [1.29, 1.82) is 0 Å². The highest BCUT2D eigenvalue weighted by molar-refractivity contribution is 6.55. The summed E-state index contributed by atoms with van der Waals surface area (Å²) in [5.41, 5.74) is 0.118. The first kappa shape index (κ1) is 19.1. The van der Waals surface area contributed by atoms with E-state index in [9.17, 15) is 14.4 Å². The summed E-state index contributed by atoms with van der Waals surface area (Å²) in [5.74, 6) is -1.56. The number of ketones is 1. The van der Waals surface area contributed by atoms with Crippen LogP contribution in [0.25, 0.3) is 5.76 Å². The monoisotopic (exact) mass is 432 g/mol. The molecule has 4 aliphatic rings. The molecule has 0 saturated carbocycles. The van der Waals surface area contributed by atoms with Crippen molar-refractivity contribution in [3.8, 4) is 5.75 Å². The fraction of sp³-hybridized carbons (Fsp3) is 0.292. The number of nitrogens with zero attached hydrogens (tertiary/aromatic N) is 1. The van der Waals surface area contributed by atoms with Gasteiger partial charge in [0.25, 0.3) is 11.7 Å². The molecule has 2 aromatic rings. The van der Waals surface area contributed by atoms with E-state index in [2.05, 4.69) is 5.32 Å². The molecule has 32 heavy (non-hydrogen) atoms. The van der Waals surface area contributed by atoms with Gasteiger partial charge in [-0.3, -0.25) is 19.3 Å². The van der Waals surface area contributed by atoms with Crippen LogP contribution in [0.15, 0.2) is 54.1 Å². The number of para-hydroxylation sites is 2. The van der Waals surface area contributed by atoms with E-state index >= 15 is 0 Å². The van der Waals surface area contributed by atoms with E-state index in [-0.39, 0.29) is 11.3 Å². The second-order valence-electron chi connectivity index (χ2n) is 8.25. The lowest BCUT2D eigenvalue weighted by Gasteiger charge is -2.51. The van der Waals surface area contributed by atoms with E-state index in [1.54, 1.807) is 55.6 Å². The van der Waals surface area contributed by atoms with Gasteiger partial charge in [-0.25, -0.2) is 0 Å². The lowest BCUT2D eigenvalue weighted by Crippen LogP contribution is -2.67. The zero-order valence-corrected chi connectivity index (χ0v) is 17.3. The maximum atomic E-state index is 13.8. The molecule has 8 heteroatoms. The van der Waals surface area contributed by atoms with Crippen LogP contribution in [0.4, 0.5) is 11.4 Å². The fourth-order valence-corrected chi connectivity index (χ4v) is 5.36. The standard InChI is InChI=1S/C24H20N2O6/c1-30-14-10-8-13(9-11-14)20-18-19(27)21(28)26-17-7-3-2-6-16(17)25-23(29)24(18,26)15-5-4-12-31-22(15)32-20/h2-3,6-11,15,22H,4-5,12H2,1H3,(H,25,29)/t15-,22+,24+/m0/s1. The molecule has 2 saturated heterocycles. The molecule has 0 aliphatic carbocycles. The molecule has 1 N–H and O–H groups in total. The Morgan fingerprint density at radius 2 is 1.88 bits per heavy atom. The number of hydrogen-bond acceptors (Lipinski definition) is 6. The Balaban J connectivity index is 1.66. The smallest absolute Gasteiger partial charge is 0.300 e. The number of rotatable bonds is 2. The summed E-state index contributed by atoms with van der Waals surface area (Å²) in [6, 6.07) is 14.0. The molecule has 0 bridgehead atoms. The zero-order valence-electron chi connectivity index (χ0n) is 17.3. The van der Waals surface area contributed by atoms with Crippen molar-refractivity contribution in [3.63, 3.8) is 0 Å². The van der Waals surface area contributed by atoms with Crippen molar-refractivity contribution in [3.05, 3.63) is 59.7 Å². The molecule has 2 aromatic carbocycles. The van der Waals surface area contributed by atoms with Crippen LogP contribution in [0, 0.1) is 5.92 Å². The third-order valence-electron chi connectivity index (χ3n) is 6.72. The quantitative estimate of drug-likeness (QED) is 0.733. The maximum absolute atomic E-state index is 13.8. The van der Waals surface area contributed by atoms with Crippen molar-refractivity contribution in [2.24, 2.45) is 5.92 Å². The minimum absolute atomic E-state index is 0.0754. The Morgan fingerprint density at radius 3 is 2.66 bits per heavy atom. The topological polar surface area (TPSA) is 94.2 Å². The Kier molecular flexibility index (Phi) is 3.98. The summed E-state index contributed by atoms with van der Waals surface area (Å²) < 4.78 is 17.4. The van der Waals surface area contributed by atoms with Crippen molar-refractivity contribution in [2.45, 2.75) is 24.7 Å². The van der Waals surface area contributed by atoms with Crippen LogP contribution in [0.5, 0.6) is 5.75 Å². The van der Waals surface area contributed by atoms with E-state index in [4.69, 9.17) is 14.2 Å². The SMILES string of the molecule is COc1ccc(C2=C3C(=O)C(=O)N4c5ccccc5NC(=O)[C@@]34[C@H]3CCCO[C@@H]3O2)cc1. The molecule has 4 heterocycles. The molecule has 0 unspecified atom stereocenters. The Bertz CT molecular complexity index is 1200. The van der Waals surface area contributed by atoms with Crippen LogP contribution in [0.3, 0.4) is 0 Å². The van der Waals surface area contributed by atoms with E-state index in [1.165, 1.54) is 4.90 Å². The van der Waals surface area contributed by atoms with E-state index < -0.39 is 35.3 Å². The van der Waals surface area contributed by atoms with Gasteiger partial charge in [0.15, 0.2) is 5.54 Å². The molecule has 4 aliphatic heterocycles. The van der Waals surface area contributed by atoms with Gasteiger partial charge in [-0.2, -0.15) is 0 Å². The van der Waals surface area contributed by atoms with Crippen LogP contribution in [-0.2, 0) is 23.9 Å². The highest BCUT2D eigenvalue weighted by Crippen LogP contribution is 2.56. The summed E-state index contributed by atoms with van der Waals surface area (Å²) >= 11 is 0. The number of amides is 2. The molecular weight excluding hydrogens is 412 g/mol. The second kappa shape index (κ2) is 6.67. The van der Waals surface area contributed by atoms with Crippen molar-refractivity contribution in [1.82, 2.24) is 0 Å². The normalized spacial score (nSPS) is 28.3. The van der Waals surface area contributed by atoms with Gasteiger partial charge in [0, 0.05) is 5.56 Å². The number of ether oxygens (including phenoxy) is 3. The van der Waals surface area contributed by atoms with Crippen molar-refractivity contribution < 1.29 is 28.6 Å². The number of hydrogen-bond donors (Lipinski definition) is 1. The van der Waals surface area contributed by atoms with Crippen LogP contribution < -0.4 is 15.0 Å². The number of nitrogens with one attached hydrogen (secondary N) is 1. The lowest BCUT2D eigenvalue weighted by atomic mass is 9.70. The number of Topliss-reactive ketones (excluding diaryl/α,β-unsaturated/α-hetero) is 1. The Morgan fingerprint density at radius 1 is 1.09 bits per heavy atom. The summed E-state index contributed by atoms with van der Waals surface area (Å²) in [5, 5.41) is 2.94. The third-order valence-corrected chi connectivity index (χ3v) is 6.72. The van der Waals surface area contributed by atoms with Gasteiger partial charge in [0.2, 0.25) is 6.29 Å². The fourth-order valence-electron chi connectivity index (χ4n) is 5.36. The number of carbonyl (C=O) groups is 3. The van der Waals surface area contributed by atoms with Crippen LogP contribution in [0.2, 0.25) is 0 Å². The van der Waals surface area contributed by atoms with Crippen LogP contribution >= 0.6 is 0 Å². The summed E-state index contributed by atoms with van der Waals surface area (Å²) in [4.78, 5) is 42.0. The average molecular weight is 432 g/mol. The third kappa shape index (κ3) is 2.27. The van der Waals surface area contributed by atoms with Gasteiger partial charge in [-0.1, -0.05) is 12.1 Å². The Hall–Kier alpha value is -3.65. The van der Waals surface area contributed by atoms with Crippen molar-refractivity contribution in [2.75, 3.05) is 23.9 Å². The van der Waals surface area contributed by atoms with E-state index in [1.807, 2.05) is 0 Å². The van der Waals surface area contributed by atoms with Gasteiger partial charge in [-0.15, -0.1) is 0 Å². The zero-order chi connectivity index (χ0) is 22.0. The maximum Gasteiger partial charge on any atom is 0.300 e. The second-order valence-corrected chi connectivity index (χ2v) is 8.25. The lowest BCUT2D eigenvalue weighted by molar-refractivity contribution is -0.180. The average Bonchev–Trinajstić information content (AvgIpc) is 3.08. The first-order chi connectivity index (χ1) is 15.6. The minimum atomic E-state index is -1.53. The molecule has 2 amide bonds. The summed E-state index contributed by atoms with van der Waals surface area (Å²) in [6.45, 7) is 0.475. The number of anilines is 2. The first-order valence-electron chi connectivity index (χ1n) is 10.5. The largest absolute Gasteiger partial charge is 0.497 e. The molecule has 2 fully saturated rings. The minimum Gasteiger partial charge on any atom is -0.497 e. The number of benzene rings is 2. The number of carbonyl (C=O) groups excluding carboxylic acids is 3. The first-order valence-corrected chi connectivity index (χ1v) is 10.5. The van der Waals surface area contributed by atoms with Gasteiger partial charge in [-0.05, 0) is 49.2 Å². The molecule has 0 radical (unpaired) electrons. The van der Waals surface area contributed by atoms with E-state index in [0.717, 1.165) is 0 Å². The van der Waals surface area contributed by atoms with Gasteiger partial charge >= 0.3 is 5.91 Å². The Labute approximate surface area is 183 Å². The van der Waals surface area contributed by atoms with Crippen molar-refractivity contribution >= 4 is 34.7 Å². The summed E-state index contributed by atoms with van der Waals surface area (Å²) in [7, 11) is 1.56. The molecule has 6 rings (SSSR count). The van der Waals surface area contributed by atoms with Gasteiger partial charge in [0.1, 0.15) is 11.5 Å². The predicted molar refractivity (Wildman–Crippen MR) is 114 cm³/mol. The highest BCUT2D eigenvalue weighted by atomic mass is 16.7. The molecule has 1 spiro atoms. The number of fused-ring (bicyclic) bond motifs is 3. The molecule has 162 valence electrons. The molecule has 3 atom stereocenters. The van der Waals surface area contributed by atoms with Crippen LogP contribution in [0.1, 0.15) is 18.4 Å².